The molecule has 0 saturated heterocycles. The molecule has 0 aliphatic heterocycles. The highest BCUT2D eigenvalue weighted by atomic mass is 35.5. The van der Waals surface area contributed by atoms with Crippen LogP contribution in [-0.2, 0) is 6.67 Å². The van der Waals surface area contributed by atoms with Crippen LogP contribution in [0.15, 0.2) is 36.5 Å². The van der Waals surface area contributed by atoms with Crippen molar-refractivity contribution in [3.8, 4) is 21.8 Å². The number of halogens is 2. The number of alkyl halides is 1. The Morgan fingerprint density at radius 1 is 1.30 bits per heavy atom. The second-order valence-corrected chi connectivity index (χ2v) is 6.35. The van der Waals surface area contributed by atoms with E-state index in [1.165, 1.54) is 11.3 Å². The number of aliphatic hydroxyl groups is 1. The molecule has 0 fully saturated rings. The number of hydrogen-bond donors (Lipinski definition) is 1. The minimum Gasteiger partial charge on any atom is -0.389 e. The second-order valence-electron chi connectivity index (χ2n) is 4.93. The van der Waals surface area contributed by atoms with Gasteiger partial charge in [-0.3, -0.25) is 0 Å². The number of aromatic nitrogens is 3. The van der Waals surface area contributed by atoms with Crippen LogP contribution in [0.5, 0.6) is 0 Å². The lowest BCUT2D eigenvalue weighted by molar-refractivity contribution is 0.199. The van der Waals surface area contributed by atoms with E-state index < -0.39 is 12.8 Å². The molecule has 23 heavy (non-hydrogen) atoms. The highest BCUT2D eigenvalue weighted by molar-refractivity contribution is 7.15. The van der Waals surface area contributed by atoms with Crippen molar-refractivity contribution in [3.63, 3.8) is 0 Å². The molecule has 1 unspecified atom stereocenters. The van der Waals surface area contributed by atoms with E-state index in [2.05, 4.69) is 15.0 Å². The predicted molar refractivity (Wildman–Crippen MR) is 89.0 cm³/mol. The standard InChI is InChI=1S/C16H13ClFN3OS/c1-9(22)10-3-2-4-11(7-10)14-15(23-13(8-18)21-14)12-5-6-19-16(17)20-12/h2-7,9,22H,8H2,1H3. The topological polar surface area (TPSA) is 58.9 Å². The van der Waals surface area contributed by atoms with E-state index in [1.54, 1.807) is 19.2 Å². The lowest BCUT2D eigenvalue weighted by Crippen LogP contribution is -1.92. The zero-order valence-corrected chi connectivity index (χ0v) is 13.8. The third-order valence-corrected chi connectivity index (χ3v) is 4.51. The summed E-state index contributed by atoms with van der Waals surface area (Å²) >= 11 is 7.09. The summed E-state index contributed by atoms with van der Waals surface area (Å²) in [5.74, 6) is 0. The molecule has 0 amide bonds. The molecule has 2 aromatic heterocycles. The summed E-state index contributed by atoms with van der Waals surface area (Å²) in [5.41, 5.74) is 2.78. The number of aliphatic hydroxyl groups excluding tert-OH is 1. The van der Waals surface area contributed by atoms with Gasteiger partial charge in [0, 0.05) is 11.8 Å². The molecule has 1 aromatic carbocycles. The number of hydrogen-bond acceptors (Lipinski definition) is 5. The van der Waals surface area contributed by atoms with Crippen molar-refractivity contribution in [3.05, 3.63) is 52.4 Å². The molecule has 118 valence electrons. The first-order valence-corrected chi connectivity index (χ1v) is 8.11. The Kier molecular flexibility index (Phi) is 4.66. The van der Waals surface area contributed by atoms with Crippen LogP contribution in [0.25, 0.3) is 21.8 Å². The van der Waals surface area contributed by atoms with Crippen LogP contribution < -0.4 is 0 Å². The summed E-state index contributed by atoms with van der Waals surface area (Å²) in [4.78, 5) is 13.1. The van der Waals surface area contributed by atoms with Gasteiger partial charge in [-0.1, -0.05) is 18.2 Å². The Morgan fingerprint density at radius 2 is 2.13 bits per heavy atom. The average molecular weight is 350 g/mol. The third-order valence-electron chi connectivity index (χ3n) is 3.29. The molecule has 1 N–H and O–H groups in total. The molecule has 4 nitrogen and oxygen atoms in total. The van der Waals surface area contributed by atoms with Gasteiger partial charge < -0.3 is 5.11 Å². The monoisotopic (exact) mass is 349 g/mol. The first kappa shape index (κ1) is 16.0. The van der Waals surface area contributed by atoms with Crippen molar-refractivity contribution in [2.24, 2.45) is 0 Å². The molecular formula is C16H13ClFN3OS. The fraction of sp³-hybridized carbons (Fsp3) is 0.188. The fourth-order valence-electron chi connectivity index (χ4n) is 2.20. The summed E-state index contributed by atoms with van der Waals surface area (Å²) in [6.07, 6.45) is 0.960. The number of rotatable bonds is 4. The van der Waals surface area contributed by atoms with Crippen LogP contribution in [0.2, 0.25) is 5.28 Å². The molecule has 0 radical (unpaired) electrons. The molecule has 0 saturated carbocycles. The van der Waals surface area contributed by atoms with Gasteiger partial charge in [-0.25, -0.2) is 19.3 Å². The SMILES string of the molecule is CC(O)c1cccc(-c2nc(CF)sc2-c2ccnc(Cl)n2)c1. The van der Waals surface area contributed by atoms with E-state index >= 15 is 0 Å². The van der Waals surface area contributed by atoms with Crippen LogP contribution in [0.3, 0.4) is 0 Å². The summed E-state index contributed by atoms with van der Waals surface area (Å²) in [7, 11) is 0. The Labute approximate surface area is 141 Å². The largest absolute Gasteiger partial charge is 0.389 e. The third kappa shape index (κ3) is 3.39. The van der Waals surface area contributed by atoms with E-state index in [0.717, 1.165) is 16.0 Å². The van der Waals surface area contributed by atoms with Crippen LogP contribution >= 0.6 is 22.9 Å². The maximum Gasteiger partial charge on any atom is 0.222 e. The van der Waals surface area contributed by atoms with Crippen molar-refractivity contribution in [1.82, 2.24) is 15.0 Å². The van der Waals surface area contributed by atoms with E-state index in [0.29, 0.717) is 16.4 Å². The molecule has 3 rings (SSSR count). The predicted octanol–water partition coefficient (Wildman–Crippen LogP) is 4.44. The van der Waals surface area contributed by atoms with Gasteiger partial charge in [-0.2, -0.15) is 0 Å². The maximum atomic E-state index is 13.1. The summed E-state index contributed by atoms with van der Waals surface area (Å²) in [6.45, 7) is 1.05. The van der Waals surface area contributed by atoms with Gasteiger partial charge in [0.05, 0.1) is 22.4 Å². The summed E-state index contributed by atoms with van der Waals surface area (Å²) in [5, 5.41) is 10.2. The van der Waals surface area contributed by atoms with Crippen LogP contribution in [-0.4, -0.2) is 20.1 Å². The zero-order valence-electron chi connectivity index (χ0n) is 12.2. The van der Waals surface area contributed by atoms with Gasteiger partial charge in [-0.15, -0.1) is 11.3 Å². The molecule has 0 aliphatic carbocycles. The molecule has 2 heterocycles. The number of benzene rings is 1. The molecule has 0 aliphatic rings. The maximum absolute atomic E-state index is 13.1. The lowest BCUT2D eigenvalue weighted by atomic mass is 10.0. The molecule has 7 heteroatoms. The van der Waals surface area contributed by atoms with Gasteiger partial charge >= 0.3 is 0 Å². The highest BCUT2D eigenvalue weighted by Crippen LogP contribution is 2.37. The summed E-state index contributed by atoms with van der Waals surface area (Å²) < 4.78 is 13.1. The van der Waals surface area contributed by atoms with Gasteiger partial charge in [-0.05, 0) is 36.2 Å². The number of thiazole rings is 1. The van der Waals surface area contributed by atoms with Gasteiger partial charge in [0.1, 0.15) is 11.7 Å². The van der Waals surface area contributed by atoms with E-state index in [4.69, 9.17) is 11.6 Å². The van der Waals surface area contributed by atoms with Crippen LogP contribution in [0, 0.1) is 0 Å². The van der Waals surface area contributed by atoms with Crippen molar-refractivity contribution < 1.29 is 9.50 Å². The summed E-state index contributed by atoms with van der Waals surface area (Å²) in [6, 6.07) is 9.09. The minimum absolute atomic E-state index is 0.126. The molecule has 0 spiro atoms. The Balaban J connectivity index is 2.16. The van der Waals surface area contributed by atoms with Crippen molar-refractivity contribution >= 4 is 22.9 Å². The van der Waals surface area contributed by atoms with Crippen molar-refractivity contribution in [2.45, 2.75) is 19.7 Å². The quantitative estimate of drug-likeness (QED) is 0.707. The molecular weight excluding hydrogens is 337 g/mol. The normalized spacial score (nSPS) is 12.3. The van der Waals surface area contributed by atoms with Gasteiger partial charge in [0.25, 0.3) is 0 Å². The number of nitrogens with zero attached hydrogens (tertiary/aromatic N) is 3. The van der Waals surface area contributed by atoms with Gasteiger partial charge in [0.15, 0.2) is 0 Å². The zero-order chi connectivity index (χ0) is 16.4. The van der Waals surface area contributed by atoms with E-state index in [9.17, 15) is 9.50 Å². The highest BCUT2D eigenvalue weighted by Gasteiger charge is 2.17. The van der Waals surface area contributed by atoms with Crippen molar-refractivity contribution in [2.75, 3.05) is 0 Å². The molecule has 1 atom stereocenters. The van der Waals surface area contributed by atoms with Crippen LogP contribution in [0.1, 0.15) is 23.6 Å². The van der Waals surface area contributed by atoms with Gasteiger partial charge in [0.2, 0.25) is 5.28 Å². The fourth-order valence-corrected chi connectivity index (χ4v) is 3.25. The molecule has 0 bridgehead atoms. The van der Waals surface area contributed by atoms with E-state index in [-0.39, 0.29) is 5.28 Å². The second kappa shape index (κ2) is 6.70. The molecule has 3 aromatic rings. The Morgan fingerprint density at radius 3 is 2.83 bits per heavy atom. The minimum atomic E-state index is -0.646. The van der Waals surface area contributed by atoms with E-state index in [1.807, 2.05) is 24.3 Å². The Hall–Kier alpha value is -1.89. The Bertz CT molecular complexity index is 838. The first-order chi connectivity index (χ1) is 11.1. The smallest absolute Gasteiger partial charge is 0.222 e. The van der Waals surface area contributed by atoms with Crippen LogP contribution in [0.4, 0.5) is 4.39 Å². The van der Waals surface area contributed by atoms with Crippen molar-refractivity contribution in [1.29, 1.82) is 0 Å². The lowest BCUT2D eigenvalue weighted by Gasteiger charge is -2.07. The first-order valence-electron chi connectivity index (χ1n) is 6.91. The average Bonchev–Trinajstić information content (AvgIpc) is 2.99.